The number of para-hydroxylation sites is 2. The van der Waals surface area contributed by atoms with Crippen LogP contribution in [0.3, 0.4) is 0 Å². The smallest absolute Gasteiger partial charge is 0.266 e. The van der Waals surface area contributed by atoms with Crippen molar-refractivity contribution in [3.8, 4) is 5.69 Å². The third-order valence-corrected chi connectivity index (χ3v) is 4.42. The number of thioether (sulfide) groups is 1. The van der Waals surface area contributed by atoms with Gasteiger partial charge >= 0.3 is 0 Å². The van der Waals surface area contributed by atoms with Crippen LogP contribution in [0.1, 0.15) is 0 Å². The fraction of sp³-hybridized carbons (Fsp3) is 0.0588. The van der Waals surface area contributed by atoms with E-state index in [1.807, 2.05) is 36.4 Å². The topological polar surface area (TPSA) is 34.9 Å². The van der Waals surface area contributed by atoms with Crippen LogP contribution in [0.2, 0.25) is 5.02 Å². The lowest BCUT2D eigenvalue weighted by Gasteiger charge is -2.13. The Kier molecular flexibility index (Phi) is 4.32. The van der Waals surface area contributed by atoms with Crippen LogP contribution in [-0.4, -0.2) is 15.3 Å². The van der Waals surface area contributed by atoms with Crippen LogP contribution in [0.4, 0.5) is 0 Å². The lowest BCUT2D eigenvalue weighted by atomic mass is 10.2. The number of hydrogen-bond donors (Lipinski definition) is 0. The molecular formula is C17H13ClN2OS. The molecule has 0 saturated carbocycles. The summed E-state index contributed by atoms with van der Waals surface area (Å²) in [4.78, 5) is 17.5. The molecule has 1 heterocycles. The van der Waals surface area contributed by atoms with Gasteiger partial charge in [0.25, 0.3) is 5.56 Å². The second kappa shape index (κ2) is 6.38. The van der Waals surface area contributed by atoms with Gasteiger partial charge in [-0.05, 0) is 24.3 Å². The van der Waals surface area contributed by atoms with Gasteiger partial charge in [0.05, 0.1) is 21.6 Å². The molecule has 0 N–H and O–H groups in total. The van der Waals surface area contributed by atoms with Crippen molar-refractivity contribution < 1.29 is 0 Å². The number of aromatic nitrogens is 2. The van der Waals surface area contributed by atoms with E-state index in [0.717, 1.165) is 0 Å². The van der Waals surface area contributed by atoms with Crippen LogP contribution in [0.25, 0.3) is 16.6 Å². The summed E-state index contributed by atoms with van der Waals surface area (Å²) in [7, 11) is 0. The van der Waals surface area contributed by atoms with Crippen molar-refractivity contribution in [2.75, 3.05) is 5.75 Å². The largest absolute Gasteiger partial charge is 0.268 e. The summed E-state index contributed by atoms with van der Waals surface area (Å²) in [5.41, 5.74) is 1.20. The number of nitrogens with zero attached hydrogens (tertiary/aromatic N) is 2. The molecule has 0 aliphatic carbocycles. The number of fused-ring (bicyclic) bond motifs is 1. The SMILES string of the molecule is C=CCSc1nc2ccccc2c(=O)n1-c1ccccc1Cl. The van der Waals surface area contributed by atoms with Crippen LogP contribution >= 0.6 is 23.4 Å². The molecule has 5 heteroatoms. The highest BCUT2D eigenvalue weighted by atomic mass is 35.5. The van der Waals surface area contributed by atoms with Crippen molar-refractivity contribution in [2.24, 2.45) is 0 Å². The zero-order chi connectivity index (χ0) is 15.5. The maximum Gasteiger partial charge on any atom is 0.266 e. The molecule has 22 heavy (non-hydrogen) atoms. The van der Waals surface area contributed by atoms with E-state index in [1.165, 1.54) is 11.8 Å². The Labute approximate surface area is 137 Å². The minimum absolute atomic E-state index is 0.120. The molecule has 0 aliphatic heterocycles. The monoisotopic (exact) mass is 328 g/mol. The number of rotatable bonds is 4. The van der Waals surface area contributed by atoms with Crippen LogP contribution in [0.5, 0.6) is 0 Å². The van der Waals surface area contributed by atoms with Crippen molar-refractivity contribution in [2.45, 2.75) is 5.16 Å². The Hall–Kier alpha value is -2.04. The number of halogens is 1. The first-order chi connectivity index (χ1) is 10.7. The van der Waals surface area contributed by atoms with Gasteiger partial charge in [-0.1, -0.05) is 53.7 Å². The Bertz CT molecular complexity index is 905. The summed E-state index contributed by atoms with van der Waals surface area (Å²) in [6, 6.07) is 14.6. The highest BCUT2D eigenvalue weighted by Crippen LogP contribution is 2.25. The molecule has 0 aliphatic rings. The van der Waals surface area contributed by atoms with E-state index in [4.69, 9.17) is 11.6 Å². The van der Waals surface area contributed by atoms with Crippen molar-refractivity contribution in [3.05, 3.63) is 76.6 Å². The first-order valence-corrected chi connectivity index (χ1v) is 8.09. The molecular weight excluding hydrogens is 316 g/mol. The van der Waals surface area contributed by atoms with E-state index in [9.17, 15) is 4.79 Å². The van der Waals surface area contributed by atoms with Crippen molar-refractivity contribution in [1.82, 2.24) is 9.55 Å². The summed E-state index contributed by atoms with van der Waals surface area (Å²) in [6.45, 7) is 3.72. The summed E-state index contributed by atoms with van der Waals surface area (Å²) in [6.07, 6.45) is 1.78. The molecule has 0 amide bonds. The van der Waals surface area contributed by atoms with Crippen molar-refractivity contribution in [3.63, 3.8) is 0 Å². The second-order valence-electron chi connectivity index (χ2n) is 4.60. The second-order valence-corrected chi connectivity index (χ2v) is 6.00. The van der Waals surface area contributed by atoms with E-state index in [-0.39, 0.29) is 5.56 Å². The van der Waals surface area contributed by atoms with Crippen LogP contribution in [0, 0.1) is 0 Å². The molecule has 110 valence electrons. The molecule has 0 saturated heterocycles. The maximum atomic E-state index is 12.9. The Morgan fingerprint density at radius 3 is 2.68 bits per heavy atom. The minimum atomic E-state index is -0.120. The molecule has 3 rings (SSSR count). The zero-order valence-electron chi connectivity index (χ0n) is 11.7. The summed E-state index contributed by atoms with van der Waals surface area (Å²) in [5, 5.41) is 1.70. The third kappa shape index (κ3) is 2.67. The van der Waals surface area contributed by atoms with Gasteiger partial charge in [0.15, 0.2) is 5.16 Å². The molecule has 0 fully saturated rings. The highest BCUT2D eigenvalue weighted by Gasteiger charge is 2.14. The Morgan fingerprint density at radius 2 is 1.91 bits per heavy atom. The fourth-order valence-electron chi connectivity index (χ4n) is 2.19. The first-order valence-electron chi connectivity index (χ1n) is 6.73. The number of benzene rings is 2. The van der Waals surface area contributed by atoms with Gasteiger partial charge in [0, 0.05) is 5.75 Å². The maximum absolute atomic E-state index is 12.9. The molecule has 3 nitrogen and oxygen atoms in total. The van der Waals surface area contributed by atoms with E-state index in [1.54, 1.807) is 22.8 Å². The standard InChI is InChI=1S/C17H13ClN2OS/c1-2-11-22-17-19-14-9-5-3-7-12(14)16(21)20(17)15-10-6-4-8-13(15)18/h2-10H,1,11H2. The minimum Gasteiger partial charge on any atom is -0.268 e. The van der Waals surface area contributed by atoms with E-state index in [0.29, 0.717) is 32.5 Å². The fourth-order valence-corrected chi connectivity index (χ4v) is 3.15. The van der Waals surface area contributed by atoms with Gasteiger partial charge in [-0.25, -0.2) is 4.98 Å². The lowest BCUT2D eigenvalue weighted by Crippen LogP contribution is -2.22. The van der Waals surface area contributed by atoms with Gasteiger partial charge in [-0.2, -0.15) is 0 Å². The van der Waals surface area contributed by atoms with Gasteiger partial charge < -0.3 is 0 Å². The zero-order valence-corrected chi connectivity index (χ0v) is 13.3. The van der Waals surface area contributed by atoms with Gasteiger partial charge in [0.1, 0.15) is 0 Å². The lowest BCUT2D eigenvalue weighted by molar-refractivity contribution is 0.821. The average molecular weight is 329 g/mol. The Morgan fingerprint density at radius 1 is 1.18 bits per heavy atom. The average Bonchev–Trinajstić information content (AvgIpc) is 2.54. The van der Waals surface area contributed by atoms with E-state index >= 15 is 0 Å². The quantitative estimate of drug-likeness (QED) is 0.406. The molecule has 0 radical (unpaired) electrons. The molecule has 3 aromatic rings. The summed E-state index contributed by atoms with van der Waals surface area (Å²) in [5.74, 6) is 0.662. The predicted octanol–water partition coefficient (Wildman–Crippen LogP) is 4.32. The van der Waals surface area contributed by atoms with Crippen LogP contribution in [-0.2, 0) is 0 Å². The molecule has 0 bridgehead atoms. The molecule has 1 aromatic heterocycles. The van der Waals surface area contributed by atoms with Gasteiger partial charge in [-0.3, -0.25) is 9.36 Å². The van der Waals surface area contributed by atoms with Gasteiger partial charge in [-0.15, -0.1) is 6.58 Å². The van der Waals surface area contributed by atoms with Crippen molar-refractivity contribution in [1.29, 1.82) is 0 Å². The van der Waals surface area contributed by atoms with E-state index in [2.05, 4.69) is 11.6 Å². The predicted molar refractivity (Wildman–Crippen MR) is 93.3 cm³/mol. The van der Waals surface area contributed by atoms with Crippen LogP contribution in [0.15, 0.2) is 71.1 Å². The van der Waals surface area contributed by atoms with Crippen LogP contribution < -0.4 is 5.56 Å². The van der Waals surface area contributed by atoms with Gasteiger partial charge in [0.2, 0.25) is 0 Å². The molecule has 0 atom stereocenters. The summed E-state index contributed by atoms with van der Waals surface area (Å²) >= 11 is 7.73. The normalized spacial score (nSPS) is 10.8. The number of hydrogen-bond acceptors (Lipinski definition) is 3. The molecule has 0 unspecified atom stereocenters. The third-order valence-electron chi connectivity index (χ3n) is 3.17. The highest BCUT2D eigenvalue weighted by molar-refractivity contribution is 7.99. The van der Waals surface area contributed by atoms with Crippen molar-refractivity contribution >= 4 is 34.3 Å². The molecule has 2 aromatic carbocycles. The summed E-state index contributed by atoms with van der Waals surface area (Å²) < 4.78 is 1.57. The van der Waals surface area contributed by atoms with E-state index < -0.39 is 0 Å². The first kappa shape index (κ1) is 14.9. The molecule has 0 spiro atoms. The Balaban J connectivity index is 2.35.